The molecular weight excluding hydrogens is 278 g/mol. The van der Waals surface area contributed by atoms with E-state index in [2.05, 4.69) is 60.3 Å². The molecule has 3 nitrogen and oxygen atoms in total. The van der Waals surface area contributed by atoms with Gasteiger partial charge in [0.25, 0.3) is 0 Å². The number of aromatic nitrogens is 2. The van der Waals surface area contributed by atoms with E-state index in [9.17, 15) is 0 Å². The molecule has 1 aromatic carbocycles. The summed E-state index contributed by atoms with van der Waals surface area (Å²) in [6, 6.07) is 9.43. The molecule has 108 valence electrons. The minimum atomic E-state index is 0.335. The molecule has 2 atom stereocenters. The molecule has 0 fully saturated rings. The Morgan fingerprint density at radius 2 is 2.10 bits per heavy atom. The molecular formula is C17H19N3S. The molecule has 4 heteroatoms. The highest BCUT2D eigenvalue weighted by Crippen LogP contribution is 2.40. The minimum Gasteiger partial charge on any atom is -0.356 e. The lowest BCUT2D eigenvalue weighted by Crippen LogP contribution is -2.41. The first-order valence-electron chi connectivity index (χ1n) is 7.45. The van der Waals surface area contributed by atoms with E-state index in [4.69, 9.17) is 4.98 Å². The number of aromatic amines is 1. The monoisotopic (exact) mass is 297 g/mol. The highest BCUT2D eigenvalue weighted by molar-refractivity contribution is 7.13. The predicted octanol–water partition coefficient (Wildman–Crippen LogP) is 4.45. The van der Waals surface area contributed by atoms with Crippen molar-refractivity contribution >= 4 is 27.4 Å². The zero-order valence-electron chi connectivity index (χ0n) is 12.6. The van der Waals surface area contributed by atoms with E-state index in [0.29, 0.717) is 12.1 Å². The average molecular weight is 297 g/mol. The van der Waals surface area contributed by atoms with Crippen molar-refractivity contribution in [3.8, 4) is 0 Å². The quantitative estimate of drug-likeness (QED) is 0.720. The summed E-state index contributed by atoms with van der Waals surface area (Å²) in [6.07, 6.45) is 1.07. The molecule has 0 spiro atoms. The second-order valence-corrected chi connectivity index (χ2v) is 6.81. The van der Waals surface area contributed by atoms with Gasteiger partial charge in [0.05, 0.1) is 11.7 Å². The number of nitrogens with zero attached hydrogens (tertiary/aromatic N) is 2. The zero-order chi connectivity index (χ0) is 14.6. The van der Waals surface area contributed by atoms with Crippen molar-refractivity contribution in [1.82, 2.24) is 9.97 Å². The van der Waals surface area contributed by atoms with Gasteiger partial charge in [0.1, 0.15) is 0 Å². The number of fused-ring (bicyclic) bond motifs is 3. The van der Waals surface area contributed by atoms with Gasteiger partial charge in [-0.05, 0) is 38.8 Å². The molecule has 0 bridgehead atoms. The number of aryl methyl sites for hydroxylation is 1. The summed E-state index contributed by atoms with van der Waals surface area (Å²) in [5.41, 5.74) is 5.19. The molecule has 4 rings (SSSR count). The van der Waals surface area contributed by atoms with Crippen LogP contribution in [0.3, 0.4) is 0 Å². The summed E-state index contributed by atoms with van der Waals surface area (Å²) in [4.78, 5) is 10.8. The van der Waals surface area contributed by atoms with E-state index in [1.165, 1.54) is 22.2 Å². The summed E-state index contributed by atoms with van der Waals surface area (Å²) in [6.45, 7) is 6.65. The Morgan fingerprint density at radius 1 is 1.29 bits per heavy atom. The highest BCUT2D eigenvalue weighted by atomic mass is 32.1. The molecule has 0 amide bonds. The van der Waals surface area contributed by atoms with Crippen molar-refractivity contribution in [2.24, 2.45) is 0 Å². The molecule has 0 radical (unpaired) electrons. The molecule has 2 aromatic heterocycles. The molecule has 1 aliphatic rings. The van der Waals surface area contributed by atoms with Gasteiger partial charge in [-0.15, -0.1) is 11.3 Å². The van der Waals surface area contributed by atoms with Crippen LogP contribution in [0.5, 0.6) is 0 Å². The van der Waals surface area contributed by atoms with Gasteiger partial charge in [-0.2, -0.15) is 0 Å². The van der Waals surface area contributed by atoms with Gasteiger partial charge < -0.3 is 9.88 Å². The fraction of sp³-hybridized carbons (Fsp3) is 0.353. The van der Waals surface area contributed by atoms with E-state index in [-0.39, 0.29) is 0 Å². The third-order valence-corrected chi connectivity index (χ3v) is 5.46. The fourth-order valence-electron chi connectivity index (χ4n) is 3.53. The van der Waals surface area contributed by atoms with Crippen LogP contribution in [0.4, 0.5) is 5.13 Å². The molecule has 0 saturated carbocycles. The van der Waals surface area contributed by atoms with E-state index in [0.717, 1.165) is 17.2 Å². The van der Waals surface area contributed by atoms with Crippen molar-refractivity contribution in [2.75, 3.05) is 4.90 Å². The Kier molecular flexibility index (Phi) is 2.82. The number of para-hydroxylation sites is 1. The van der Waals surface area contributed by atoms with Gasteiger partial charge in [-0.25, -0.2) is 4.98 Å². The first kappa shape index (κ1) is 12.9. The van der Waals surface area contributed by atoms with Crippen LogP contribution >= 0.6 is 11.3 Å². The summed E-state index contributed by atoms with van der Waals surface area (Å²) >= 11 is 1.75. The lowest BCUT2D eigenvalue weighted by atomic mass is 9.94. The number of hydrogen-bond donors (Lipinski definition) is 1. The normalized spacial score (nSPS) is 21.8. The van der Waals surface area contributed by atoms with Crippen LogP contribution in [0.2, 0.25) is 0 Å². The highest BCUT2D eigenvalue weighted by Gasteiger charge is 2.33. The van der Waals surface area contributed by atoms with Crippen LogP contribution in [0, 0.1) is 6.92 Å². The summed E-state index contributed by atoms with van der Waals surface area (Å²) in [7, 11) is 0. The lowest BCUT2D eigenvalue weighted by molar-refractivity contribution is 0.520. The topological polar surface area (TPSA) is 31.9 Å². The van der Waals surface area contributed by atoms with Gasteiger partial charge in [0.2, 0.25) is 0 Å². The maximum Gasteiger partial charge on any atom is 0.186 e. The van der Waals surface area contributed by atoms with Crippen LogP contribution in [0.1, 0.15) is 36.8 Å². The number of benzene rings is 1. The number of rotatable bonds is 1. The summed E-state index contributed by atoms with van der Waals surface area (Å²) in [5, 5.41) is 4.65. The Hall–Kier alpha value is -1.81. The van der Waals surface area contributed by atoms with E-state index < -0.39 is 0 Å². The van der Waals surface area contributed by atoms with Crippen LogP contribution in [-0.4, -0.2) is 16.0 Å². The van der Waals surface area contributed by atoms with Crippen LogP contribution in [-0.2, 0) is 6.42 Å². The number of H-pyrrole nitrogens is 1. The van der Waals surface area contributed by atoms with Crippen LogP contribution in [0.25, 0.3) is 10.9 Å². The van der Waals surface area contributed by atoms with E-state index >= 15 is 0 Å². The number of anilines is 1. The number of hydrogen-bond acceptors (Lipinski definition) is 3. The molecule has 1 aliphatic heterocycles. The Morgan fingerprint density at radius 3 is 2.86 bits per heavy atom. The summed E-state index contributed by atoms with van der Waals surface area (Å²) < 4.78 is 0. The minimum absolute atomic E-state index is 0.335. The smallest absolute Gasteiger partial charge is 0.186 e. The third kappa shape index (κ3) is 1.89. The number of nitrogens with one attached hydrogen (secondary N) is 1. The first-order valence-corrected chi connectivity index (χ1v) is 8.33. The molecule has 1 N–H and O–H groups in total. The maximum atomic E-state index is 4.69. The molecule has 3 heterocycles. The number of thiazole rings is 1. The molecule has 3 aromatic rings. The van der Waals surface area contributed by atoms with Gasteiger partial charge in [0, 0.05) is 28.0 Å². The van der Waals surface area contributed by atoms with Crippen molar-refractivity contribution < 1.29 is 0 Å². The van der Waals surface area contributed by atoms with Crippen LogP contribution in [0.15, 0.2) is 29.6 Å². The van der Waals surface area contributed by atoms with Gasteiger partial charge >= 0.3 is 0 Å². The van der Waals surface area contributed by atoms with E-state index in [1.54, 1.807) is 11.3 Å². The molecule has 0 aliphatic carbocycles. The Balaban J connectivity index is 1.85. The van der Waals surface area contributed by atoms with Crippen LogP contribution < -0.4 is 4.90 Å². The van der Waals surface area contributed by atoms with Gasteiger partial charge in [-0.1, -0.05) is 18.2 Å². The van der Waals surface area contributed by atoms with Crippen molar-refractivity contribution in [3.05, 3.63) is 46.6 Å². The third-order valence-electron chi connectivity index (χ3n) is 4.48. The largest absolute Gasteiger partial charge is 0.356 e. The lowest BCUT2D eigenvalue weighted by Gasteiger charge is -2.38. The average Bonchev–Trinajstić information content (AvgIpc) is 3.04. The van der Waals surface area contributed by atoms with Gasteiger partial charge in [-0.3, -0.25) is 0 Å². The molecule has 0 saturated heterocycles. The zero-order valence-corrected chi connectivity index (χ0v) is 13.4. The SMILES string of the molecule is Cc1csc(N2C(C)Cc3c([nH]c4ccccc34)C2C)n1. The summed E-state index contributed by atoms with van der Waals surface area (Å²) in [5.74, 6) is 0. The second-order valence-electron chi connectivity index (χ2n) is 5.97. The Bertz CT molecular complexity index is 801. The standard InChI is InChI=1S/C17H19N3S/c1-10-9-21-17(18-10)20-11(2)8-14-13-6-4-5-7-15(13)19-16(14)12(20)3/h4-7,9,11-12,19H,8H2,1-3H3. The predicted molar refractivity (Wildman–Crippen MR) is 89.2 cm³/mol. The molecule has 21 heavy (non-hydrogen) atoms. The Labute approximate surface area is 128 Å². The van der Waals surface area contributed by atoms with Crippen molar-refractivity contribution in [1.29, 1.82) is 0 Å². The van der Waals surface area contributed by atoms with Crippen molar-refractivity contribution in [2.45, 2.75) is 39.3 Å². The van der Waals surface area contributed by atoms with Crippen molar-refractivity contribution in [3.63, 3.8) is 0 Å². The first-order chi connectivity index (χ1) is 10.1. The fourth-order valence-corrected chi connectivity index (χ4v) is 4.51. The molecule has 2 unspecified atom stereocenters. The maximum absolute atomic E-state index is 4.69. The second kappa shape index (κ2) is 4.60. The van der Waals surface area contributed by atoms with Gasteiger partial charge in [0.15, 0.2) is 5.13 Å². The van der Waals surface area contributed by atoms with E-state index in [1.807, 2.05) is 0 Å².